The number of rotatable bonds is 9. The third-order valence-corrected chi connectivity index (χ3v) is 4.26. The van der Waals surface area contributed by atoms with Gasteiger partial charge in [-0.05, 0) is 39.2 Å². The number of nitrogens with one attached hydrogen (secondary N) is 1. The van der Waals surface area contributed by atoms with Gasteiger partial charge in [-0.15, -0.1) is 0 Å². The smallest absolute Gasteiger partial charge is 0.256 e. The number of anilines is 1. The Morgan fingerprint density at radius 1 is 1.32 bits per heavy atom. The van der Waals surface area contributed by atoms with E-state index >= 15 is 0 Å². The molecule has 0 saturated heterocycles. The van der Waals surface area contributed by atoms with Gasteiger partial charge in [-0.2, -0.15) is 0 Å². The zero-order chi connectivity index (χ0) is 18.4. The molecule has 0 aliphatic rings. The fourth-order valence-electron chi connectivity index (χ4n) is 2.81. The number of hydrogen-bond donors (Lipinski definition) is 2. The number of nitrogens with zero attached hydrogens (tertiary/aromatic N) is 3. The van der Waals surface area contributed by atoms with Crippen molar-refractivity contribution in [3.05, 3.63) is 30.0 Å². The van der Waals surface area contributed by atoms with E-state index in [0.717, 1.165) is 17.4 Å². The van der Waals surface area contributed by atoms with Crippen LogP contribution in [0.4, 0.5) is 5.69 Å². The maximum atomic E-state index is 13.1. The molecule has 2 N–H and O–H groups in total. The molecule has 7 nitrogen and oxygen atoms in total. The number of aromatic nitrogens is 1. The third-order valence-electron chi connectivity index (χ3n) is 4.26. The van der Waals surface area contributed by atoms with Gasteiger partial charge in [0.1, 0.15) is 0 Å². The lowest BCUT2D eigenvalue weighted by Gasteiger charge is -2.22. The summed E-state index contributed by atoms with van der Waals surface area (Å²) >= 11 is 0. The molecule has 0 aliphatic carbocycles. The molecule has 1 amide bonds. The van der Waals surface area contributed by atoms with Gasteiger partial charge in [0.25, 0.3) is 5.91 Å². The standard InChI is InChI=1S/C18H28N4O3/c1-5-21(9-8-20(2)3)18(23)16-13-22(10-11-25-4)17-7-6-14(19-24)12-15(16)17/h6-7,12-13,19,24H,5,8-11H2,1-4H3. The number of likely N-dealkylation sites (N-methyl/N-ethyl adjacent to an activating group) is 2. The minimum Gasteiger partial charge on any atom is -0.383 e. The van der Waals surface area contributed by atoms with Crippen LogP contribution in [0.25, 0.3) is 10.9 Å². The van der Waals surface area contributed by atoms with Crippen molar-refractivity contribution < 1.29 is 14.7 Å². The number of carbonyl (C=O) groups excluding carboxylic acids is 1. The van der Waals surface area contributed by atoms with Crippen LogP contribution in [0, 0.1) is 0 Å². The molecule has 0 atom stereocenters. The Morgan fingerprint density at radius 2 is 2.08 bits per heavy atom. The van der Waals surface area contributed by atoms with Crippen LogP contribution in [0.2, 0.25) is 0 Å². The van der Waals surface area contributed by atoms with E-state index in [2.05, 4.69) is 10.4 Å². The lowest BCUT2D eigenvalue weighted by Crippen LogP contribution is -2.36. The zero-order valence-electron chi connectivity index (χ0n) is 15.5. The highest BCUT2D eigenvalue weighted by Crippen LogP contribution is 2.26. The largest absolute Gasteiger partial charge is 0.383 e. The van der Waals surface area contributed by atoms with Crippen molar-refractivity contribution in [2.75, 3.05) is 52.9 Å². The average molecular weight is 348 g/mol. The van der Waals surface area contributed by atoms with Gasteiger partial charge in [0.05, 0.1) is 17.9 Å². The summed E-state index contributed by atoms with van der Waals surface area (Å²) in [5.41, 5.74) is 4.30. The maximum absolute atomic E-state index is 13.1. The highest BCUT2D eigenvalue weighted by Gasteiger charge is 2.20. The Labute approximate surface area is 148 Å². The Morgan fingerprint density at radius 3 is 2.68 bits per heavy atom. The Hall–Kier alpha value is -2.09. The second-order valence-electron chi connectivity index (χ2n) is 6.26. The van der Waals surface area contributed by atoms with E-state index in [1.807, 2.05) is 42.7 Å². The topological polar surface area (TPSA) is 70.0 Å². The molecule has 1 aromatic carbocycles. The molecule has 0 radical (unpaired) electrons. The molecule has 1 heterocycles. The molecule has 0 unspecified atom stereocenters. The molecule has 0 saturated carbocycles. The van der Waals surface area contributed by atoms with Gasteiger partial charge in [-0.1, -0.05) is 0 Å². The van der Waals surface area contributed by atoms with Crippen LogP contribution in [0.1, 0.15) is 17.3 Å². The van der Waals surface area contributed by atoms with Crippen LogP contribution < -0.4 is 5.48 Å². The fourth-order valence-corrected chi connectivity index (χ4v) is 2.81. The summed E-state index contributed by atoms with van der Waals surface area (Å²) in [6.45, 7) is 5.34. The van der Waals surface area contributed by atoms with Gasteiger partial charge in [-0.3, -0.25) is 15.5 Å². The van der Waals surface area contributed by atoms with Crippen LogP contribution in [-0.4, -0.2) is 72.9 Å². The summed E-state index contributed by atoms with van der Waals surface area (Å²) in [6.07, 6.45) is 1.88. The second-order valence-corrected chi connectivity index (χ2v) is 6.26. The van der Waals surface area contributed by atoms with Crippen LogP contribution in [0.3, 0.4) is 0 Å². The normalized spacial score (nSPS) is 11.3. The molecule has 138 valence electrons. The van der Waals surface area contributed by atoms with Crippen molar-refractivity contribution in [2.45, 2.75) is 13.5 Å². The lowest BCUT2D eigenvalue weighted by molar-refractivity contribution is 0.0756. The van der Waals surface area contributed by atoms with Gasteiger partial charge in [0.2, 0.25) is 0 Å². The van der Waals surface area contributed by atoms with Gasteiger partial charge < -0.3 is 19.1 Å². The molecule has 1 aromatic heterocycles. The maximum Gasteiger partial charge on any atom is 0.256 e. The summed E-state index contributed by atoms with van der Waals surface area (Å²) in [5.74, 6) is 0.000562. The first-order valence-electron chi connectivity index (χ1n) is 8.47. The molecular formula is C18H28N4O3. The van der Waals surface area contributed by atoms with Crippen LogP contribution >= 0.6 is 0 Å². The van der Waals surface area contributed by atoms with E-state index in [1.54, 1.807) is 19.2 Å². The summed E-state index contributed by atoms with van der Waals surface area (Å²) in [7, 11) is 5.65. The number of benzene rings is 1. The molecular weight excluding hydrogens is 320 g/mol. The first-order chi connectivity index (χ1) is 12.0. The molecule has 0 spiro atoms. The van der Waals surface area contributed by atoms with Crippen molar-refractivity contribution in [2.24, 2.45) is 0 Å². The van der Waals surface area contributed by atoms with E-state index < -0.39 is 0 Å². The lowest BCUT2D eigenvalue weighted by atomic mass is 10.1. The molecule has 2 rings (SSSR count). The first kappa shape index (κ1) is 19.2. The van der Waals surface area contributed by atoms with Crippen molar-refractivity contribution in [3.63, 3.8) is 0 Å². The number of carbonyl (C=O) groups is 1. The zero-order valence-corrected chi connectivity index (χ0v) is 15.5. The highest BCUT2D eigenvalue weighted by atomic mass is 16.5. The minimum atomic E-state index is 0.000562. The summed E-state index contributed by atoms with van der Waals surface area (Å²) in [6, 6.07) is 5.48. The van der Waals surface area contributed by atoms with Gasteiger partial charge in [0.15, 0.2) is 0 Å². The SMILES string of the molecule is CCN(CCN(C)C)C(=O)c1cn(CCOC)c2ccc(NO)cc12. The fraction of sp³-hybridized carbons (Fsp3) is 0.500. The Balaban J connectivity index is 2.41. The Bertz CT molecular complexity index is 712. The van der Waals surface area contributed by atoms with Crippen LogP contribution in [-0.2, 0) is 11.3 Å². The number of ether oxygens (including phenoxy) is 1. The molecule has 0 bridgehead atoms. The number of methoxy groups -OCH3 is 1. The molecule has 25 heavy (non-hydrogen) atoms. The molecule has 0 aliphatic heterocycles. The third kappa shape index (κ3) is 4.50. The van der Waals surface area contributed by atoms with E-state index in [4.69, 9.17) is 4.74 Å². The van der Waals surface area contributed by atoms with Crippen LogP contribution in [0.5, 0.6) is 0 Å². The summed E-state index contributed by atoms with van der Waals surface area (Å²) in [4.78, 5) is 17.0. The molecule has 0 fully saturated rings. The quantitative estimate of drug-likeness (QED) is 0.679. The van der Waals surface area contributed by atoms with E-state index in [-0.39, 0.29) is 5.91 Å². The Kier molecular flexibility index (Phi) is 6.81. The summed E-state index contributed by atoms with van der Waals surface area (Å²) in [5, 5.41) is 10.0. The number of amides is 1. The van der Waals surface area contributed by atoms with Gasteiger partial charge in [0, 0.05) is 50.4 Å². The van der Waals surface area contributed by atoms with Crippen LogP contribution in [0.15, 0.2) is 24.4 Å². The van der Waals surface area contributed by atoms with E-state index in [9.17, 15) is 10.0 Å². The highest BCUT2D eigenvalue weighted by molar-refractivity contribution is 6.07. The number of fused-ring (bicyclic) bond motifs is 1. The average Bonchev–Trinajstić information content (AvgIpc) is 2.97. The van der Waals surface area contributed by atoms with Crippen molar-refractivity contribution in [3.8, 4) is 0 Å². The predicted molar refractivity (Wildman–Crippen MR) is 99.4 cm³/mol. The molecule has 2 aromatic rings. The summed E-state index contributed by atoms with van der Waals surface area (Å²) < 4.78 is 7.19. The number of hydrogen-bond acceptors (Lipinski definition) is 5. The molecule has 7 heteroatoms. The monoisotopic (exact) mass is 348 g/mol. The van der Waals surface area contributed by atoms with Gasteiger partial charge in [-0.25, -0.2) is 0 Å². The van der Waals surface area contributed by atoms with Crippen molar-refractivity contribution in [1.29, 1.82) is 0 Å². The second kappa shape index (κ2) is 8.84. The first-order valence-corrected chi connectivity index (χ1v) is 8.47. The predicted octanol–water partition coefficient (Wildman–Crippen LogP) is 2.11. The van der Waals surface area contributed by atoms with E-state index in [1.165, 1.54) is 0 Å². The van der Waals surface area contributed by atoms with Crippen molar-refractivity contribution in [1.82, 2.24) is 14.4 Å². The van der Waals surface area contributed by atoms with Crippen molar-refractivity contribution >= 4 is 22.5 Å². The minimum absolute atomic E-state index is 0.000562. The van der Waals surface area contributed by atoms with Gasteiger partial charge >= 0.3 is 0 Å². The van der Waals surface area contributed by atoms with E-state index in [0.29, 0.717) is 37.5 Å².